The Morgan fingerprint density at radius 3 is 1.88 bits per heavy atom. The molecule has 0 saturated carbocycles. The van der Waals surface area contributed by atoms with Crippen LogP contribution in [0.1, 0.15) is 99.3 Å². The first kappa shape index (κ1) is 25.2. The van der Waals surface area contributed by atoms with Crippen molar-refractivity contribution >= 4 is 5.97 Å². The molecule has 0 rings (SSSR count). The monoisotopic (exact) mass is 368 g/mol. The van der Waals surface area contributed by atoms with Crippen molar-refractivity contribution in [3.63, 3.8) is 0 Å². The average Bonchev–Trinajstić information content (AvgIpc) is 2.52. The first-order valence-corrected chi connectivity index (χ1v) is 10.7. The van der Waals surface area contributed by atoms with E-state index in [9.17, 15) is 4.79 Å². The van der Waals surface area contributed by atoms with Gasteiger partial charge in [-0.25, -0.2) is 4.79 Å². The van der Waals surface area contributed by atoms with Crippen molar-refractivity contribution in [2.24, 2.45) is 17.8 Å². The molecule has 1 N–H and O–H groups in total. The third kappa shape index (κ3) is 16.6. The van der Waals surface area contributed by atoms with Crippen molar-refractivity contribution in [1.82, 2.24) is 0 Å². The molecule has 0 amide bonds. The lowest BCUT2D eigenvalue weighted by molar-refractivity contribution is -0.140. The summed E-state index contributed by atoms with van der Waals surface area (Å²) in [6.45, 7) is 13.0. The minimum absolute atomic E-state index is 0.0650. The second-order valence-corrected chi connectivity index (χ2v) is 8.83. The molecule has 0 aromatic rings. The fraction of sp³-hybridized carbons (Fsp3) is 0.870. The second kappa shape index (κ2) is 15.2. The number of carbonyl (C=O) groups is 1. The second-order valence-electron chi connectivity index (χ2n) is 8.83. The van der Waals surface area contributed by atoms with E-state index in [-0.39, 0.29) is 12.6 Å². The Morgan fingerprint density at radius 1 is 0.885 bits per heavy atom. The van der Waals surface area contributed by atoms with E-state index in [0.29, 0.717) is 0 Å². The third-order valence-corrected chi connectivity index (χ3v) is 4.97. The van der Waals surface area contributed by atoms with Crippen LogP contribution in [0, 0.1) is 17.8 Å². The topological polar surface area (TPSA) is 46.5 Å². The van der Waals surface area contributed by atoms with Gasteiger partial charge in [-0.15, -0.1) is 0 Å². The normalized spacial score (nSPS) is 15.8. The van der Waals surface area contributed by atoms with Gasteiger partial charge in [-0.2, -0.15) is 0 Å². The fourth-order valence-corrected chi connectivity index (χ4v) is 3.23. The maximum Gasteiger partial charge on any atom is 0.330 e. The number of ether oxygens (including phenoxy) is 1. The fourth-order valence-electron chi connectivity index (χ4n) is 3.23. The largest absolute Gasteiger partial charge is 0.460 e. The minimum atomic E-state index is -0.605. The van der Waals surface area contributed by atoms with Crippen LogP contribution in [0.3, 0.4) is 0 Å². The van der Waals surface area contributed by atoms with E-state index in [1.807, 2.05) is 6.92 Å². The molecule has 3 nitrogen and oxygen atoms in total. The lowest BCUT2D eigenvalue weighted by atomic mass is 9.91. The summed E-state index contributed by atoms with van der Waals surface area (Å²) in [6, 6.07) is 0. The summed E-state index contributed by atoms with van der Waals surface area (Å²) in [7, 11) is 0. The van der Waals surface area contributed by atoms with E-state index in [1.165, 1.54) is 44.9 Å². The van der Waals surface area contributed by atoms with Crippen molar-refractivity contribution in [1.29, 1.82) is 0 Å². The van der Waals surface area contributed by atoms with Gasteiger partial charge in [0.1, 0.15) is 6.61 Å². The Morgan fingerprint density at radius 2 is 1.38 bits per heavy atom. The van der Waals surface area contributed by atoms with Gasteiger partial charge in [-0.05, 0) is 44.4 Å². The molecule has 0 aliphatic rings. The van der Waals surface area contributed by atoms with Gasteiger partial charge < -0.3 is 9.84 Å². The van der Waals surface area contributed by atoms with E-state index in [4.69, 9.17) is 9.84 Å². The van der Waals surface area contributed by atoms with Crippen LogP contribution in [0.15, 0.2) is 11.6 Å². The summed E-state index contributed by atoms with van der Waals surface area (Å²) >= 11 is 0. The van der Waals surface area contributed by atoms with E-state index in [1.54, 1.807) is 13.0 Å². The van der Waals surface area contributed by atoms with Crippen molar-refractivity contribution in [2.75, 3.05) is 6.61 Å². The summed E-state index contributed by atoms with van der Waals surface area (Å²) in [4.78, 5) is 11.6. The van der Waals surface area contributed by atoms with Crippen molar-refractivity contribution in [3.8, 4) is 0 Å². The molecule has 0 aliphatic heterocycles. The molecule has 0 aromatic carbocycles. The molecule has 0 heterocycles. The SMILES string of the molecule is C/C(=C\C(=O)OCC(C)O)CCCC(C)CCCC(C)CCCC(C)C. The lowest BCUT2D eigenvalue weighted by Crippen LogP contribution is -2.13. The Balaban J connectivity index is 3.75. The molecular formula is C23H44O3. The average molecular weight is 369 g/mol. The predicted octanol–water partition coefficient (Wildman–Crippen LogP) is 6.30. The van der Waals surface area contributed by atoms with Crippen LogP contribution in [-0.2, 0) is 9.53 Å². The van der Waals surface area contributed by atoms with Crippen LogP contribution in [0.5, 0.6) is 0 Å². The highest BCUT2D eigenvalue weighted by molar-refractivity contribution is 5.82. The van der Waals surface area contributed by atoms with Crippen molar-refractivity contribution < 1.29 is 14.6 Å². The van der Waals surface area contributed by atoms with Gasteiger partial charge in [0.15, 0.2) is 0 Å². The van der Waals surface area contributed by atoms with Gasteiger partial charge in [-0.1, -0.05) is 78.2 Å². The molecule has 0 bridgehead atoms. The zero-order valence-electron chi connectivity index (χ0n) is 18.2. The Hall–Kier alpha value is -0.830. The van der Waals surface area contributed by atoms with Gasteiger partial charge in [0.05, 0.1) is 6.10 Å². The van der Waals surface area contributed by atoms with Crippen LogP contribution in [0.4, 0.5) is 0 Å². The van der Waals surface area contributed by atoms with Crippen LogP contribution < -0.4 is 0 Å². The molecule has 0 fully saturated rings. The van der Waals surface area contributed by atoms with E-state index in [0.717, 1.165) is 36.2 Å². The van der Waals surface area contributed by atoms with E-state index < -0.39 is 6.10 Å². The molecule has 3 heteroatoms. The number of carbonyl (C=O) groups excluding carboxylic acids is 1. The van der Waals surface area contributed by atoms with Gasteiger partial charge >= 0.3 is 5.97 Å². The zero-order chi connectivity index (χ0) is 19.9. The Labute approximate surface area is 162 Å². The molecule has 0 aromatic heterocycles. The molecule has 26 heavy (non-hydrogen) atoms. The summed E-state index contributed by atoms with van der Waals surface area (Å²) < 4.78 is 4.95. The highest BCUT2D eigenvalue weighted by Crippen LogP contribution is 2.22. The lowest BCUT2D eigenvalue weighted by Gasteiger charge is -2.15. The third-order valence-electron chi connectivity index (χ3n) is 4.97. The number of allylic oxidation sites excluding steroid dienone is 1. The molecule has 0 aliphatic carbocycles. The van der Waals surface area contributed by atoms with Gasteiger partial charge in [0, 0.05) is 6.08 Å². The number of aliphatic hydroxyl groups is 1. The van der Waals surface area contributed by atoms with Gasteiger partial charge in [0.25, 0.3) is 0 Å². The van der Waals surface area contributed by atoms with E-state index >= 15 is 0 Å². The molecule has 0 saturated heterocycles. The highest BCUT2D eigenvalue weighted by atomic mass is 16.5. The molecule has 0 radical (unpaired) electrons. The smallest absolute Gasteiger partial charge is 0.330 e. The van der Waals surface area contributed by atoms with E-state index in [2.05, 4.69) is 27.7 Å². The Kier molecular flexibility index (Phi) is 14.8. The molecule has 3 atom stereocenters. The Bertz CT molecular complexity index is 385. The predicted molar refractivity (Wildman–Crippen MR) is 111 cm³/mol. The number of esters is 1. The number of hydrogen-bond acceptors (Lipinski definition) is 3. The number of aliphatic hydroxyl groups excluding tert-OH is 1. The summed E-state index contributed by atoms with van der Waals surface area (Å²) in [6.07, 6.45) is 12.4. The van der Waals surface area contributed by atoms with Gasteiger partial charge in [-0.3, -0.25) is 0 Å². The standard InChI is InChI=1S/C23H44O3/c1-18(2)10-7-11-19(3)12-8-13-20(4)14-9-15-21(5)16-23(25)26-17-22(6)24/h16,18-20,22,24H,7-15,17H2,1-6H3/b21-16+. The maximum absolute atomic E-state index is 11.6. The summed E-state index contributed by atoms with van der Waals surface area (Å²) in [5, 5.41) is 9.11. The summed E-state index contributed by atoms with van der Waals surface area (Å²) in [5.74, 6) is 2.11. The van der Waals surface area contributed by atoms with Crippen LogP contribution in [0.2, 0.25) is 0 Å². The molecule has 0 spiro atoms. The van der Waals surface area contributed by atoms with Gasteiger partial charge in [0.2, 0.25) is 0 Å². The first-order valence-electron chi connectivity index (χ1n) is 10.7. The molecular weight excluding hydrogens is 324 g/mol. The zero-order valence-corrected chi connectivity index (χ0v) is 18.2. The number of rotatable bonds is 15. The quantitative estimate of drug-likeness (QED) is 0.273. The molecule has 154 valence electrons. The van der Waals surface area contributed by atoms with Crippen molar-refractivity contribution in [3.05, 3.63) is 11.6 Å². The minimum Gasteiger partial charge on any atom is -0.460 e. The first-order chi connectivity index (χ1) is 12.2. The maximum atomic E-state index is 11.6. The highest BCUT2D eigenvalue weighted by Gasteiger charge is 2.07. The van der Waals surface area contributed by atoms with Crippen LogP contribution in [0.25, 0.3) is 0 Å². The summed E-state index contributed by atoms with van der Waals surface area (Å²) in [5.41, 5.74) is 1.06. The molecule has 3 unspecified atom stereocenters. The van der Waals surface area contributed by atoms with Crippen LogP contribution in [-0.4, -0.2) is 23.8 Å². The van der Waals surface area contributed by atoms with Crippen LogP contribution >= 0.6 is 0 Å². The number of hydrogen-bond donors (Lipinski definition) is 1. The van der Waals surface area contributed by atoms with Crippen molar-refractivity contribution in [2.45, 2.75) is 105 Å².